The Balaban J connectivity index is 1.62. The van der Waals surface area contributed by atoms with Crippen LogP contribution in [-0.4, -0.2) is 34.2 Å². The normalized spacial score (nSPS) is 11.3. The summed E-state index contributed by atoms with van der Waals surface area (Å²) in [5, 5.41) is 9.24. The van der Waals surface area contributed by atoms with Crippen LogP contribution >= 0.6 is 0 Å². The molecule has 3 aromatic rings. The van der Waals surface area contributed by atoms with Gasteiger partial charge in [-0.25, -0.2) is 9.48 Å². The summed E-state index contributed by atoms with van der Waals surface area (Å²) in [4.78, 5) is 48.5. The van der Waals surface area contributed by atoms with Crippen molar-refractivity contribution in [2.45, 2.75) is 13.0 Å². The number of ether oxygens (including phenoxy) is 1. The molecule has 0 spiro atoms. The second-order valence-electron chi connectivity index (χ2n) is 6.96. The Morgan fingerprint density at radius 3 is 2.41 bits per heavy atom. The van der Waals surface area contributed by atoms with Crippen molar-refractivity contribution in [1.82, 2.24) is 15.1 Å². The monoisotopic (exact) mass is 434 g/mol. The van der Waals surface area contributed by atoms with Crippen molar-refractivity contribution in [2.75, 3.05) is 11.9 Å². The van der Waals surface area contributed by atoms with E-state index in [0.717, 1.165) is 10.2 Å². The molecule has 9 heteroatoms. The van der Waals surface area contributed by atoms with Crippen LogP contribution in [0.4, 0.5) is 5.69 Å². The zero-order valence-electron chi connectivity index (χ0n) is 17.6. The highest BCUT2D eigenvalue weighted by Gasteiger charge is 2.17. The zero-order valence-corrected chi connectivity index (χ0v) is 17.6. The number of para-hydroxylation sites is 1. The van der Waals surface area contributed by atoms with E-state index in [4.69, 9.17) is 4.74 Å². The molecule has 1 aromatic heterocycles. The number of amides is 2. The number of esters is 1. The van der Waals surface area contributed by atoms with Crippen LogP contribution in [0.1, 0.15) is 39.4 Å². The number of hydrogen-bond donors (Lipinski definition) is 2. The molecular weight excluding hydrogens is 412 g/mol. The Hall–Kier alpha value is -4.27. The van der Waals surface area contributed by atoms with E-state index in [1.165, 1.54) is 19.2 Å². The number of carbonyl (C=O) groups is 3. The molecule has 2 amide bonds. The standard InChI is InChI=1S/C23H22N4O5/c1-15(16-8-4-3-5-9-16)24-22(30)17-10-6-7-11-18(17)25-20(28)14-32-23(31)19-12-13-21(29)27(2)26-19/h3-13,15H,14H2,1-2H3,(H,24,30)(H,25,28). The largest absolute Gasteiger partial charge is 0.451 e. The van der Waals surface area contributed by atoms with Crippen LogP contribution in [0.15, 0.2) is 71.5 Å². The van der Waals surface area contributed by atoms with Gasteiger partial charge in [0.2, 0.25) is 0 Å². The number of hydrogen-bond acceptors (Lipinski definition) is 6. The van der Waals surface area contributed by atoms with Gasteiger partial charge in [0.15, 0.2) is 12.3 Å². The minimum Gasteiger partial charge on any atom is -0.451 e. The van der Waals surface area contributed by atoms with Gasteiger partial charge in [-0.3, -0.25) is 14.4 Å². The molecule has 2 N–H and O–H groups in total. The summed E-state index contributed by atoms with van der Waals surface area (Å²) in [6.07, 6.45) is 0. The molecule has 1 unspecified atom stereocenters. The van der Waals surface area contributed by atoms with Crippen molar-refractivity contribution < 1.29 is 19.1 Å². The zero-order chi connectivity index (χ0) is 23.1. The Kier molecular flexibility index (Phi) is 7.12. The Labute approximate surface area is 184 Å². The van der Waals surface area contributed by atoms with Gasteiger partial charge in [0.1, 0.15) is 0 Å². The van der Waals surface area contributed by atoms with Gasteiger partial charge in [-0.15, -0.1) is 0 Å². The second-order valence-corrected chi connectivity index (χ2v) is 6.96. The predicted octanol–water partition coefficient (Wildman–Crippen LogP) is 2.07. The summed E-state index contributed by atoms with van der Waals surface area (Å²) in [5.41, 5.74) is 1.02. The van der Waals surface area contributed by atoms with Gasteiger partial charge in [0, 0.05) is 13.1 Å². The van der Waals surface area contributed by atoms with Gasteiger partial charge in [0.05, 0.1) is 17.3 Å². The number of aromatic nitrogens is 2. The molecule has 0 aliphatic heterocycles. The maximum atomic E-state index is 12.8. The van der Waals surface area contributed by atoms with Gasteiger partial charge in [-0.05, 0) is 30.7 Å². The van der Waals surface area contributed by atoms with Crippen LogP contribution in [-0.2, 0) is 16.6 Å². The van der Waals surface area contributed by atoms with Crippen molar-refractivity contribution >= 4 is 23.5 Å². The SMILES string of the molecule is CC(NC(=O)c1ccccc1NC(=O)COC(=O)c1ccc(=O)n(C)n1)c1ccccc1. The van der Waals surface area contributed by atoms with Crippen LogP contribution in [0.3, 0.4) is 0 Å². The molecule has 0 saturated carbocycles. The first-order valence-corrected chi connectivity index (χ1v) is 9.81. The smallest absolute Gasteiger partial charge is 0.359 e. The lowest BCUT2D eigenvalue weighted by Crippen LogP contribution is -2.29. The Morgan fingerprint density at radius 2 is 1.69 bits per heavy atom. The molecule has 32 heavy (non-hydrogen) atoms. The van der Waals surface area contributed by atoms with Gasteiger partial charge >= 0.3 is 5.97 Å². The predicted molar refractivity (Wildman–Crippen MR) is 117 cm³/mol. The Bertz CT molecular complexity index is 1190. The third kappa shape index (κ3) is 5.66. The molecule has 0 aliphatic carbocycles. The lowest BCUT2D eigenvalue weighted by Gasteiger charge is -2.16. The molecule has 0 fully saturated rings. The molecule has 9 nitrogen and oxygen atoms in total. The summed E-state index contributed by atoms with van der Waals surface area (Å²) in [7, 11) is 1.40. The molecule has 2 aromatic carbocycles. The molecule has 0 saturated heterocycles. The summed E-state index contributed by atoms with van der Waals surface area (Å²) in [5.74, 6) is -1.83. The number of aryl methyl sites for hydroxylation is 1. The van der Waals surface area contributed by atoms with Crippen molar-refractivity contribution in [1.29, 1.82) is 0 Å². The Morgan fingerprint density at radius 1 is 1.00 bits per heavy atom. The van der Waals surface area contributed by atoms with E-state index in [2.05, 4.69) is 15.7 Å². The fourth-order valence-electron chi connectivity index (χ4n) is 2.89. The van der Waals surface area contributed by atoms with E-state index in [9.17, 15) is 19.2 Å². The van der Waals surface area contributed by atoms with Crippen LogP contribution < -0.4 is 16.2 Å². The number of carbonyl (C=O) groups excluding carboxylic acids is 3. The van der Waals surface area contributed by atoms with Crippen LogP contribution in [0.25, 0.3) is 0 Å². The van der Waals surface area contributed by atoms with E-state index in [-0.39, 0.29) is 34.5 Å². The summed E-state index contributed by atoms with van der Waals surface area (Å²) in [6.45, 7) is 1.28. The fourth-order valence-corrected chi connectivity index (χ4v) is 2.89. The van der Waals surface area contributed by atoms with E-state index < -0.39 is 18.5 Å². The molecule has 0 aliphatic rings. The van der Waals surface area contributed by atoms with Crippen molar-refractivity contribution in [3.8, 4) is 0 Å². The van der Waals surface area contributed by atoms with E-state index in [0.29, 0.717) is 0 Å². The molecule has 3 rings (SSSR count). The van der Waals surface area contributed by atoms with Crippen LogP contribution in [0.2, 0.25) is 0 Å². The fraction of sp³-hybridized carbons (Fsp3) is 0.174. The lowest BCUT2D eigenvalue weighted by atomic mass is 10.1. The summed E-state index contributed by atoms with van der Waals surface area (Å²) >= 11 is 0. The van der Waals surface area contributed by atoms with Crippen LogP contribution in [0.5, 0.6) is 0 Å². The number of nitrogens with one attached hydrogen (secondary N) is 2. The first-order chi connectivity index (χ1) is 15.3. The van der Waals surface area contributed by atoms with Crippen molar-refractivity contribution in [3.63, 3.8) is 0 Å². The van der Waals surface area contributed by atoms with Gasteiger partial charge in [0.25, 0.3) is 17.4 Å². The highest BCUT2D eigenvalue weighted by molar-refractivity contribution is 6.04. The maximum Gasteiger partial charge on any atom is 0.359 e. The first kappa shape index (κ1) is 22.4. The van der Waals surface area contributed by atoms with Crippen molar-refractivity contribution in [3.05, 3.63) is 93.9 Å². The second kappa shape index (κ2) is 10.2. The van der Waals surface area contributed by atoms with Crippen molar-refractivity contribution in [2.24, 2.45) is 7.05 Å². The summed E-state index contributed by atoms with van der Waals surface area (Å²) in [6, 6.07) is 18.2. The highest BCUT2D eigenvalue weighted by Crippen LogP contribution is 2.18. The van der Waals surface area contributed by atoms with Gasteiger partial charge < -0.3 is 15.4 Å². The topological polar surface area (TPSA) is 119 Å². The highest BCUT2D eigenvalue weighted by atomic mass is 16.5. The quantitative estimate of drug-likeness (QED) is 0.550. The average Bonchev–Trinajstić information content (AvgIpc) is 2.80. The number of nitrogens with zero attached hydrogens (tertiary/aromatic N) is 2. The number of benzene rings is 2. The molecule has 164 valence electrons. The third-order valence-corrected chi connectivity index (χ3v) is 4.60. The summed E-state index contributed by atoms with van der Waals surface area (Å²) < 4.78 is 5.94. The minimum absolute atomic E-state index is 0.102. The number of rotatable bonds is 7. The van der Waals surface area contributed by atoms with Gasteiger partial charge in [-0.2, -0.15) is 5.10 Å². The van der Waals surface area contributed by atoms with E-state index in [1.807, 2.05) is 37.3 Å². The minimum atomic E-state index is -0.849. The number of anilines is 1. The molecule has 0 radical (unpaired) electrons. The average molecular weight is 434 g/mol. The maximum absolute atomic E-state index is 12.8. The molecular formula is C23H22N4O5. The van der Waals surface area contributed by atoms with Crippen LogP contribution in [0, 0.1) is 0 Å². The van der Waals surface area contributed by atoms with E-state index >= 15 is 0 Å². The van der Waals surface area contributed by atoms with Gasteiger partial charge in [-0.1, -0.05) is 42.5 Å². The molecule has 1 atom stereocenters. The first-order valence-electron chi connectivity index (χ1n) is 9.81. The third-order valence-electron chi connectivity index (χ3n) is 4.60. The van der Waals surface area contributed by atoms with E-state index in [1.54, 1.807) is 24.3 Å². The lowest BCUT2D eigenvalue weighted by molar-refractivity contribution is -0.119. The molecule has 0 bridgehead atoms. The molecule has 1 heterocycles.